The number of aryl methyl sites for hydroxylation is 1. The van der Waals surface area contributed by atoms with E-state index in [1.807, 2.05) is 6.07 Å². The standard InChI is InChI=1S/C12H12N4O2/c1-9-2-3-10(6-11(9)16(17)18)7-15-12-8-13-4-5-14-12/h2-6,8H,7H2,1H3,(H,14,15). The molecule has 1 aromatic heterocycles. The maximum absolute atomic E-state index is 10.8. The lowest BCUT2D eigenvalue weighted by atomic mass is 10.1. The Morgan fingerprint density at radius 3 is 2.89 bits per heavy atom. The van der Waals surface area contributed by atoms with Crippen molar-refractivity contribution in [2.45, 2.75) is 13.5 Å². The van der Waals surface area contributed by atoms with Gasteiger partial charge >= 0.3 is 0 Å². The van der Waals surface area contributed by atoms with Crippen LogP contribution >= 0.6 is 0 Å². The van der Waals surface area contributed by atoms with Gasteiger partial charge in [0.05, 0.1) is 11.1 Å². The molecule has 1 heterocycles. The highest BCUT2D eigenvalue weighted by Gasteiger charge is 2.10. The molecule has 0 aliphatic rings. The fraction of sp³-hybridized carbons (Fsp3) is 0.167. The highest BCUT2D eigenvalue weighted by molar-refractivity contribution is 5.43. The number of aromatic nitrogens is 2. The minimum absolute atomic E-state index is 0.133. The van der Waals surface area contributed by atoms with E-state index in [1.54, 1.807) is 37.6 Å². The maximum Gasteiger partial charge on any atom is 0.272 e. The van der Waals surface area contributed by atoms with E-state index in [0.717, 1.165) is 5.56 Å². The van der Waals surface area contributed by atoms with E-state index in [2.05, 4.69) is 15.3 Å². The highest BCUT2D eigenvalue weighted by atomic mass is 16.6. The summed E-state index contributed by atoms with van der Waals surface area (Å²) in [5.74, 6) is 0.640. The maximum atomic E-state index is 10.8. The summed E-state index contributed by atoms with van der Waals surface area (Å²) in [6.45, 7) is 2.19. The lowest BCUT2D eigenvalue weighted by Gasteiger charge is -2.05. The van der Waals surface area contributed by atoms with Crippen LogP contribution in [0.1, 0.15) is 11.1 Å². The molecule has 0 radical (unpaired) electrons. The van der Waals surface area contributed by atoms with Crippen LogP contribution in [0.15, 0.2) is 36.8 Å². The van der Waals surface area contributed by atoms with E-state index in [0.29, 0.717) is 17.9 Å². The number of hydrogen-bond acceptors (Lipinski definition) is 5. The van der Waals surface area contributed by atoms with Crippen LogP contribution < -0.4 is 5.32 Å². The zero-order chi connectivity index (χ0) is 13.0. The summed E-state index contributed by atoms with van der Waals surface area (Å²) < 4.78 is 0. The van der Waals surface area contributed by atoms with Crippen LogP contribution in [0.4, 0.5) is 11.5 Å². The third-order valence-electron chi connectivity index (χ3n) is 2.51. The van der Waals surface area contributed by atoms with Crippen LogP contribution in [0, 0.1) is 17.0 Å². The van der Waals surface area contributed by atoms with E-state index < -0.39 is 0 Å². The Hall–Kier alpha value is -2.50. The van der Waals surface area contributed by atoms with Crippen molar-refractivity contribution in [2.24, 2.45) is 0 Å². The van der Waals surface area contributed by atoms with Crippen molar-refractivity contribution in [2.75, 3.05) is 5.32 Å². The lowest BCUT2D eigenvalue weighted by molar-refractivity contribution is -0.385. The molecule has 6 heteroatoms. The van der Waals surface area contributed by atoms with E-state index >= 15 is 0 Å². The molecule has 0 amide bonds. The summed E-state index contributed by atoms with van der Waals surface area (Å²) in [6, 6.07) is 5.16. The third-order valence-corrected chi connectivity index (χ3v) is 2.51. The van der Waals surface area contributed by atoms with Crippen LogP contribution in [0.3, 0.4) is 0 Å². The summed E-state index contributed by atoms with van der Waals surface area (Å²) in [5.41, 5.74) is 1.62. The van der Waals surface area contributed by atoms with Gasteiger partial charge in [0.25, 0.3) is 5.69 Å². The summed E-state index contributed by atoms with van der Waals surface area (Å²) in [5, 5.41) is 13.9. The molecule has 0 bridgehead atoms. The molecule has 1 aromatic carbocycles. The molecule has 6 nitrogen and oxygen atoms in total. The molecular weight excluding hydrogens is 232 g/mol. The Kier molecular flexibility index (Phi) is 3.47. The Balaban J connectivity index is 2.11. The van der Waals surface area contributed by atoms with Gasteiger partial charge in [0.2, 0.25) is 0 Å². The van der Waals surface area contributed by atoms with Crippen molar-refractivity contribution in [3.8, 4) is 0 Å². The van der Waals surface area contributed by atoms with Crippen molar-refractivity contribution in [3.05, 3.63) is 58.0 Å². The predicted molar refractivity (Wildman–Crippen MR) is 67.2 cm³/mol. The van der Waals surface area contributed by atoms with Gasteiger partial charge in [-0.3, -0.25) is 15.1 Å². The van der Waals surface area contributed by atoms with Crippen molar-refractivity contribution in [1.29, 1.82) is 0 Å². The average Bonchev–Trinajstić information content (AvgIpc) is 2.38. The van der Waals surface area contributed by atoms with Crippen LogP contribution in [0.2, 0.25) is 0 Å². The largest absolute Gasteiger partial charge is 0.365 e. The molecule has 0 saturated carbocycles. The van der Waals surface area contributed by atoms with Crippen molar-refractivity contribution in [3.63, 3.8) is 0 Å². The van der Waals surface area contributed by atoms with Gasteiger partial charge in [-0.2, -0.15) is 0 Å². The Labute approximate surface area is 104 Å². The van der Waals surface area contributed by atoms with Gasteiger partial charge in [0.15, 0.2) is 0 Å². The van der Waals surface area contributed by atoms with E-state index in [9.17, 15) is 10.1 Å². The first kappa shape index (κ1) is 12.0. The number of nitro groups is 1. The Morgan fingerprint density at radius 1 is 1.39 bits per heavy atom. The van der Waals surface area contributed by atoms with E-state index in [-0.39, 0.29) is 10.6 Å². The highest BCUT2D eigenvalue weighted by Crippen LogP contribution is 2.19. The molecule has 0 aliphatic carbocycles. The number of hydrogen-bond donors (Lipinski definition) is 1. The molecular formula is C12H12N4O2. The van der Waals surface area contributed by atoms with E-state index in [4.69, 9.17) is 0 Å². The topological polar surface area (TPSA) is 81.0 Å². The monoisotopic (exact) mass is 244 g/mol. The number of rotatable bonds is 4. The number of benzene rings is 1. The van der Waals surface area contributed by atoms with Gasteiger partial charge in [-0.1, -0.05) is 12.1 Å². The second-order valence-corrected chi connectivity index (χ2v) is 3.82. The molecule has 0 aliphatic heterocycles. The van der Waals surface area contributed by atoms with Gasteiger partial charge in [0.1, 0.15) is 5.82 Å². The van der Waals surface area contributed by atoms with Gasteiger partial charge in [-0.15, -0.1) is 0 Å². The van der Waals surface area contributed by atoms with Crippen molar-refractivity contribution < 1.29 is 4.92 Å². The van der Waals surface area contributed by atoms with Gasteiger partial charge in [-0.05, 0) is 12.5 Å². The molecule has 0 unspecified atom stereocenters. The zero-order valence-electron chi connectivity index (χ0n) is 9.83. The first-order valence-corrected chi connectivity index (χ1v) is 5.40. The molecule has 0 spiro atoms. The molecule has 18 heavy (non-hydrogen) atoms. The smallest absolute Gasteiger partial charge is 0.272 e. The number of nitro benzene ring substituents is 1. The third kappa shape index (κ3) is 2.79. The molecule has 0 saturated heterocycles. The molecule has 2 aromatic rings. The quantitative estimate of drug-likeness (QED) is 0.659. The summed E-state index contributed by atoms with van der Waals surface area (Å²) in [6.07, 6.45) is 4.77. The molecule has 0 fully saturated rings. The number of anilines is 1. The summed E-state index contributed by atoms with van der Waals surface area (Å²) in [7, 11) is 0. The molecule has 2 rings (SSSR count). The van der Waals surface area contributed by atoms with Crippen LogP contribution in [0.5, 0.6) is 0 Å². The van der Waals surface area contributed by atoms with Crippen molar-refractivity contribution in [1.82, 2.24) is 9.97 Å². The van der Waals surface area contributed by atoms with Crippen LogP contribution in [0.25, 0.3) is 0 Å². The lowest BCUT2D eigenvalue weighted by Crippen LogP contribution is -2.02. The summed E-state index contributed by atoms with van der Waals surface area (Å²) in [4.78, 5) is 18.4. The second-order valence-electron chi connectivity index (χ2n) is 3.82. The van der Waals surface area contributed by atoms with Crippen LogP contribution in [-0.4, -0.2) is 14.9 Å². The summed E-state index contributed by atoms with van der Waals surface area (Å²) >= 11 is 0. The Bertz CT molecular complexity index is 557. The number of nitrogens with one attached hydrogen (secondary N) is 1. The fourth-order valence-electron chi connectivity index (χ4n) is 1.54. The average molecular weight is 244 g/mol. The van der Waals surface area contributed by atoms with Gasteiger partial charge in [0, 0.05) is 30.6 Å². The Morgan fingerprint density at radius 2 is 2.22 bits per heavy atom. The molecule has 1 N–H and O–H groups in total. The minimum atomic E-state index is -0.374. The minimum Gasteiger partial charge on any atom is -0.365 e. The predicted octanol–water partition coefficient (Wildman–Crippen LogP) is 2.31. The normalized spacial score (nSPS) is 10.1. The fourth-order valence-corrected chi connectivity index (χ4v) is 1.54. The van der Waals surface area contributed by atoms with Crippen molar-refractivity contribution >= 4 is 11.5 Å². The second kappa shape index (κ2) is 5.22. The molecule has 0 atom stereocenters. The number of nitrogens with zero attached hydrogens (tertiary/aromatic N) is 3. The van der Waals surface area contributed by atoms with Gasteiger partial charge in [-0.25, -0.2) is 4.98 Å². The zero-order valence-corrected chi connectivity index (χ0v) is 9.83. The van der Waals surface area contributed by atoms with E-state index in [1.165, 1.54) is 0 Å². The SMILES string of the molecule is Cc1ccc(CNc2cnccn2)cc1[N+](=O)[O-]. The first-order chi connectivity index (χ1) is 8.66. The molecule has 92 valence electrons. The first-order valence-electron chi connectivity index (χ1n) is 5.40. The van der Waals surface area contributed by atoms with Crippen LogP contribution in [-0.2, 0) is 6.54 Å². The van der Waals surface area contributed by atoms with Gasteiger partial charge < -0.3 is 5.32 Å².